The summed E-state index contributed by atoms with van der Waals surface area (Å²) in [5, 5.41) is 2.94. The molecule has 1 atom stereocenters. The van der Waals surface area contributed by atoms with Crippen molar-refractivity contribution in [1.82, 2.24) is 10.2 Å². The molecule has 5 heteroatoms. The van der Waals surface area contributed by atoms with Crippen LogP contribution in [0.4, 0.5) is 0 Å². The van der Waals surface area contributed by atoms with Crippen molar-refractivity contribution in [1.29, 1.82) is 0 Å². The summed E-state index contributed by atoms with van der Waals surface area (Å²) in [6.07, 6.45) is 0.678. The summed E-state index contributed by atoms with van der Waals surface area (Å²) in [4.78, 5) is 27.4. The van der Waals surface area contributed by atoms with Gasteiger partial charge in [-0.15, -0.1) is 0 Å². The number of ether oxygens (including phenoxy) is 1. The molecule has 2 aromatic carbocycles. The third kappa shape index (κ3) is 7.74. The van der Waals surface area contributed by atoms with Crippen LogP contribution >= 0.6 is 0 Å². The zero-order valence-corrected chi connectivity index (χ0v) is 19.4. The second kappa shape index (κ2) is 12.1. The van der Waals surface area contributed by atoms with E-state index < -0.39 is 6.04 Å². The largest absolute Gasteiger partial charge is 0.483 e. The van der Waals surface area contributed by atoms with E-state index in [1.54, 1.807) is 11.8 Å². The van der Waals surface area contributed by atoms with Crippen molar-refractivity contribution in [3.05, 3.63) is 65.7 Å². The Morgan fingerprint density at radius 3 is 2.23 bits per heavy atom. The molecule has 0 radical (unpaired) electrons. The molecule has 0 aromatic heterocycles. The van der Waals surface area contributed by atoms with Crippen LogP contribution in [-0.4, -0.2) is 42.5 Å². The first-order valence-corrected chi connectivity index (χ1v) is 11.1. The van der Waals surface area contributed by atoms with Crippen LogP contribution < -0.4 is 10.1 Å². The van der Waals surface area contributed by atoms with Crippen LogP contribution in [0.1, 0.15) is 51.7 Å². The number of carbonyl (C=O) groups is 2. The first-order chi connectivity index (χ1) is 14.8. The highest BCUT2D eigenvalue weighted by Gasteiger charge is 2.26. The van der Waals surface area contributed by atoms with Gasteiger partial charge >= 0.3 is 0 Å². The first-order valence-electron chi connectivity index (χ1n) is 11.1. The topological polar surface area (TPSA) is 58.6 Å². The number of rotatable bonds is 11. The lowest BCUT2D eigenvalue weighted by Crippen LogP contribution is -2.50. The Kier molecular flexibility index (Phi) is 9.57. The average molecular weight is 425 g/mol. The van der Waals surface area contributed by atoms with E-state index in [2.05, 4.69) is 19.2 Å². The normalized spacial score (nSPS) is 12.0. The standard InChI is InChI=1S/C26H36N2O3/c1-19(2)17-27-26(30)21(5)28(16-15-22-11-7-6-8-12-22)25(29)18-31-24-14-10-9-13-23(24)20(3)4/h6-14,19-21H,15-18H2,1-5H3,(H,27,30). The molecule has 0 fully saturated rings. The quantitative estimate of drug-likeness (QED) is 0.581. The second-order valence-electron chi connectivity index (χ2n) is 8.62. The van der Waals surface area contributed by atoms with Gasteiger partial charge in [0, 0.05) is 13.1 Å². The summed E-state index contributed by atoms with van der Waals surface area (Å²) in [5.41, 5.74) is 2.19. The minimum Gasteiger partial charge on any atom is -0.483 e. The zero-order chi connectivity index (χ0) is 22.8. The molecule has 1 unspecified atom stereocenters. The molecule has 31 heavy (non-hydrogen) atoms. The van der Waals surface area contributed by atoms with Gasteiger partial charge < -0.3 is 15.0 Å². The van der Waals surface area contributed by atoms with Gasteiger partial charge in [0.1, 0.15) is 11.8 Å². The van der Waals surface area contributed by atoms with Gasteiger partial charge in [-0.3, -0.25) is 9.59 Å². The number of amides is 2. The summed E-state index contributed by atoms with van der Waals surface area (Å²) >= 11 is 0. The van der Waals surface area contributed by atoms with Crippen LogP contribution in [0, 0.1) is 5.92 Å². The van der Waals surface area contributed by atoms with Crippen LogP contribution in [0.25, 0.3) is 0 Å². The van der Waals surface area contributed by atoms with Gasteiger partial charge in [-0.2, -0.15) is 0 Å². The number of nitrogens with one attached hydrogen (secondary N) is 1. The molecular weight excluding hydrogens is 388 g/mol. The summed E-state index contributed by atoms with van der Waals surface area (Å²) in [6.45, 7) is 11.0. The molecule has 0 saturated heterocycles. The summed E-state index contributed by atoms with van der Waals surface area (Å²) < 4.78 is 5.90. The molecule has 2 aromatic rings. The molecular formula is C26H36N2O3. The molecule has 0 spiro atoms. The van der Waals surface area contributed by atoms with E-state index in [1.165, 1.54) is 0 Å². The monoisotopic (exact) mass is 424 g/mol. The smallest absolute Gasteiger partial charge is 0.261 e. The highest BCUT2D eigenvalue weighted by Crippen LogP contribution is 2.25. The molecule has 168 valence electrons. The summed E-state index contributed by atoms with van der Waals surface area (Å²) in [6, 6.07) is 17.2. The Hall–Kier alpha value is -2.82. The Morgan fingerprint density at radius 1 is 0.935 bits per heavy atom. The fourth-order valence-corrected chi connectivity index (χ4v) is 3.33. The third-order valence-electron chi connectivity index (χ3n) is 5.23. The van der Waals surface area contributed by atoms with Crippen LogP contribution in [0.15, 0.2) is 54.6 Å². The molecule has 0 aliphatic rings. The number of hydrogen-bond acceptors (Lipinski definition) is 3. The molecule has 0 aliphatic carbocycles. The maximum absolute atomic E-state index is 13.1. The lowest BCUT2D eigenvalue weighted by Gasteiger charge is -2.29. The molecule has 5 nitrogen and oxygen atoms in total. The third-order valence-corrected chi connectivity index (χ3v) is 5.23. The van der Waals surface area contributed by atoms with Crippen molar-refractivity contribution in [3.63, 3.8) is 0 Å². The van der Waals surface area contributed by atoms with Gasteiger partial charge in [0.05, 0.1) is 0 Å². The van der Waals surface area contributed by atoms with E-state index >= 15 is 0 Å². The van der Waals surface area contributed by atoms with Crippen LogP contribution in [0.2, 0.25) is 0 Å². The fraction of sp³-hybridized carbons (Fsp3) is 0.462. The predicted molar refractivity (Wildman–Crippen MR) is 125 cm³/mol. The first kappa shape index (κ1) is 24.4. The van der Waals surface area contributed by atoms with Crippen LogP contribution in [0.3, 0.4) is 0 Å². The maximum Gasteiger partial charge on any atom is 0.261 e. The fourth-order valence-electron chi connectivity index (χ4n) is 3.33. The molecule has 1 N–H and O–H groups in total. The van der Waals surface area contributed by atoms with Gasteiger partial charge in [0.2, 0.25) is 5.91 Å². The highest BCUT2D eigenvalue weighted by molar-refractivity contribution is 5.88. The molecule has 0 heterocycles. The van der Waals surface area contributed by atoms with E-state index in [-0.39, 0.29) is 18.4 Å². The van der Waals surface area contributed by atoms with Crippen molar-refractivity contribution in [2.75, 3.05) is 19.7 Å². The molecule has 0 bridgehead atoms. The number of hydrogen-bond donors (Lipinski definition) is 1. The van der Waals surface area contributed by atoms with Crippen molar-refractivity contribution in [3.8, 4) is 5.75 Å². The van der Waals surface area contributed by atoms with Crippen LogP contribution in [-0.2, 0) is 16.0 Å². The van der Waals surface area contributed by atoms with E-state index in [0.29, 0.717) is 37.1 Å². The number of nitrogens with zero attached hydrogens (tertiary/aromatic N) is 1. The Bertz CT molecular complexity index is 834. The zero-order valence-electron chi connectivity index (χ0n) is 19.4. The van der Waals surface area contributed by atoms with Crippen LogP contribution in [0.5, 0.6) is 5.75 Å². The molecule has 0 aliphatic heterocycles. The van der Waals surface area contributed by atoms with E-state index in [0.717, 1.165) is 11.1 Å². The summed E-state index contributed by atoms with van der Waals surface area (Å²) in [7, 11) is 0. The Balaban J connectivity index is 2.10. The Morgan fingerprint density at radius 2 is 1.58 bits per heavy atom. The highest BCUT2D eigenvalue weighted by atomic mass is 16.5. The van der Waals surface area contributed by atoms with E-state index in [4.69, 9.17) is 4.74 Å². The van der Waals surface area contributed by atoms with E-state index in [1.807, 2.05) is 68.4 Å². The number of benzene rings is 2. The van der Waals surface area contributed by atoms with Gasteiger partial charge in [-0.25, -0.2) is 0 Å². The summed E-state index contributed by atoms with van der Waals surface area (Å²) in [5.74, 6) is 1.02. The van der Waals surface area contributed by atoms with Crippen molar-refractivity contribution >= 4 is 11.8 Å². The predicted octanol–water partition coefficient (Wildman–Crippen LogP) is 4.42. The van der Waals surface area contributed by atoms with Gasteiger partial charge in [0.25, 0.3) is 5.91 Å². The molecule has 2 amide bonds. The van der Waals surface area contributed by atoms with Gasteiger partial charge in [0.15, 0.2) is 6.61 Å². The van der Waals surface area contributed by atoms with Gasteiger partial charge in [-0.1, -0.05) is 76.2 Å². The lowest BCUT2D eigenvalue weighted by atomic mass is 10.0. The second-order valence-corrected chi connectivity index (χ2v) is 8.62. The lowest BCUT2D eigenvalue weighted by molar-refractivity contribution is -0.141. The average Bonchev–Trinajstić information content (AvgIpc) is 2.76. The number of carbonyl (C=O) groups excluding carboxylic acids is 2. The van der Waals surface area contributed by atoms with Gasteiger partial charge in [-0.05, 0) is 42.4 Å². The maximum atomic E-state index is 13.1. The minimum absolute atomic E-state index is 0.0969. The molecule has 0 saturated carbocycles. The minimum atomic E-state index is -0.570. The number of para-hydroxylation sites is 1. The SMILES string of the molecule is CC(C)CNC(=O)C(C)N(CCc1ccccc1)C(=O)COc1ccccc1C(C)C. The Labute approximate surface area is 186 Å². The van der Waals surface area contributed by atoms with Crippen molar-refractivity contribution in [2.45, 2.75) is 53.0 Å². The van der Waals surface area contributed by atoms with Crippen molar-refractivity contribution in [2.24, 2.45) is 5.92 Å². The van der Waals surface area contributed by atoms with E-state index in [9.17, 15) is 9.59 Å². The van der Waals surface area contributed by atoms with Crippen molar-refractivity contribution < 1.29 is 14.3 Å². The molecule has 2 rings (SSSR count).